The average molecular weight is 504 g/mol. The quantitative estimate of drug-likeness (QED) is 0.0986. The van der Waals surface area contributed by atoms with Gasteiger partial charge in [0.25, 0.3) is 0 Å². The molecule has 0 saturated carbocycles. The largest absolute Gasteiger partial charge is 0.463 e. The average Bonchev–Trinajstić information content (AvgIpc) is 2.74. The van der Waals surface area contributed by atoms with E-state index in [0.717, 1.165) is 31.6 Å². The third kappa shape index (κ3) is 23.8. The molecular weight excluding hydrogens is 456 g/mol. The number of hydrogen-bond donors (Lipinski definition) is 2. The normalized spacial score (nSPS) is 13.3. The van der Waals surface area contributed by atoms with Crippen molar-refractivity contribution in [3.63, 3.8) is 0 Å². The summed E-state index contributed by atoms with van der Waals surface area (Å²) in [5, 5.41) is 17.8. The van der Waals surface area contributed by atoms with Gasteiger partial charge in [-0.2, -0.15) is 0 Å². The molecular formula is C26H47BrO4. The number of halogens is 1. The first kappa shape index (κ1) is 30.4. The number of rotatable bonds is 21. The summed E-state index contributed by atoms with van der Waals surface area (Å²) < 4.78 is 6.05. The molecule has 4 nitrogen and oxygen atoms in total. The van der Waals surface area contributed by atoms with Gasteiger partial charge in [0.1, 0.15) is 12.7 Å². The molecule has 182 valence electrons. The minimum Gasteiger partial charge on any atom is -0.463 e. The molecule has 0 bridgehead atoms. The van der Waals surface area contributed by atoms with Gasteiger partial charge < -0.3 is 14.9 Å². The number of ether oxygens (including phenoxy) is 1. The first-order valence-corrected chi connectivity index (χ1v) is 13.2. The van der Waals surface area contributed by atoms with Gasteiger partial charge in [-0.3, -0.25) is 4.79 Å². The maximum atomic E-state index is 11.5. The summed E-state index contributed by atoms with van der Waals surface area (Å²) in [5.41, 5.74) is 0. The molecule has 0 unspecified atom stereocenters. The summed E-state index contributed by atoms with van der Waals surface area (Å²) in [7, 11) is 0. The van der Waals surface area contributed by atoms with Crippen molar-refractivity contribution in [2.24, 2.45) is 5.92 Å². The number of unbranched alkanes of at least 4 members (excludes halogenated alkanes) is 9. The van der Waals surface area contributed by atoms with E-state index < -0.39 is 12.7 Å². The molecule has 0 aromatic rings. The Morgan fingerprint density at radius 3 is 2.13 bits per heavy atom. The second-order valence-electron chi connectivity index (χ2n) is 8.87. The number of esters is 1. The van der Waals surface area contributed by atoms with Gasteiger partial charge in [0.2, 0.25) is 0 Å². The van der Waals surface area contributed by atoms with Crippen molar-refractivity contribution in [2.45, 2.75) is 116 Å². The SMILES string of the molecule is CC(C)CCCCCCCCCC/C=C\CC/C(Br)=C\CCCC(=O)OC[C@@H](O)CO. The van der Waals surface area contributed by atoms with E-state index in [9.17, 15) is 4.79 Å². The van der Waals surface area contributed by atoms with Gasteiger partial charge in [-0.25, -0.2) is 0 Å². The molecule has 1 atom stereocenters. The van der Waals surface area contributed by atoms with Crippen LogP contribution in [0, 0.1) is 5.92 Å². The van der Waals surface area contributed by atoms with Gasteiger partial charge in [-0.1, -0.05) is 99.4 Å². The first-order chi connectivity index (χ1) is 15.0. The number of allylic oxidation sites excluding steroid dienone is 4. The van der Waals surface area contributed by atoms with Crippen LogP contribution in [0.15, 0.2) is 22.7 Å². The van der Waals surface area contributed by atoms with Crippen LogP contribution in [-0.4, -0.2) is 35.5 Å². The van der Waals surface area contributed by atoms with Crippen molar-refractivity contribution >= 4 is 21.9 Å². The molecule has 0 radical (unpaired) electrons. The van der Waals surface area contributed by atoms with Crippen molar-refractivity contribution in [1.82, 2.24) is 0 Å². The van der Waals surface area contributed by atoms with Gasteiger partial charge in [0.15, 0.2) is 0 Å². The zero-order chi connectivity index (χ0) is 23.2. The number of carbonyl (C=O) groups excluding carboxylic acids is 1. The van der Waals surface area contributed by atoms with Crippen molar-refractivity contribution in [1.29, 1.82) is 0 Å². The Labute approximate surface area is 199 Å². The highest BCUT2D eigenvalue weighted by molar-refractivity contribution is 9.11. The molecule has 0 fully saturated rings. The van der Waals surface area contributed by atoms with Crippen LogP contribution < -0.4 is 0 Å². The molecule has 31 heavy (non-hydrogen) atoms. The zero-order valence-corrected chi connectivity index (χ0v) is 21.6. The van der Waals surface area contributed by atoms with Crippen LogP contribution in [0.4, 0.5) is 0 Å². The molecule has 0 aliphatic heterocycles. The maximum Gasteiger partial charge on any atom is 0.305 e. The number of carbonyl (C=O) groups is 1. The minimum absolute atomic E-state index is 0.139. The highest BCUT2D eigenvalue weighted by Crippen LogP contribution is 2.16. The lowest BCUT2D eigenvalue weighted by Gasteiger charge is -2.07. The summed E-state index contributed by atoms with van der Waals surface area (Å²) in [5.74, 6) is 0.523. The number of aliphatic hydroxyl groups is 2. The molecule has 0 aromatic heterocycles. The Hall–Kier alpha value is -0.650. The Kier molecular flexibility index (Phi) is 22.1. The highest BCUT2D eigenvalue weighted by Gasteiger charge is 2.07. The summed E-state index contributed by atoms with van der Waals surface area (Å²) in [6.07, 6.45) is 23.2. The topological polar surface area (TPSA) is 66.8 Å². The Balaban J connectivity index is 3.47. The lowest BCUT2D eigenvalue weighted by molar-refractivity contribution is -0.147. The van der Waals surface area contributed by atoms with E-state index in [0.29, 0.717) is 6.42 Å². The van der Waals surface area contributed by atoms with Crippen molar-refractivity contribution in [3.05, 3.63) is 22.7 Å². The predicted molar refractivity (Wildman–Crippen MR) is 134 cm³/mol. The summed E-state index contributed by atoms with van der Waals surface area (Å²) >= 11 is 3.60. The van der Waals surface area contributed by atoms with Crippen LogP contribution in [0.25, 0.3) is 0 Å². The smallest absolute Gasteiger partial charge is 0.305 e. The fraction of sp³-hybridized carbons (Fsp3) is 0.808. The molecule has 0 aromatic carbocycles. The third-order valence-electron chi connectivity index (χ3n) is 5.22. The molecule has 0 heterocycles. The first-order valence-electron chi connectivity index (χ1n) is 12.4. The fourth-order valence-electron chi connectivity index (χ4n) is 3.25. The predicted octanol–water partition coefficient (Wildman–Crippen LogP) is 7.23. The Morgan fingerprint density at radius 1 is 0.871 bits per heavy atom. The number of hydrogen-bond acceptors (Lipinski definition) is 4. The molecule has 0 saturated heterocycles. The van der Waals surface area contributed by atoms with E-state index in [1.165, 1.54) is 68.7 Å². The van der Waals surface area contributed by atoms with Crippen LogP contribution >= 0.6 is 15.9 Å². The lowest BCUT2D eigenvalue weighted by Crippen LogP contribution is -2.21. The molecule has 0 aliphatic carbocycles. The van der Waals surface area contributed by atoms with E-state index in [-0.39, 0.29) is 12.6 Å². The molecule has 0 amide bonds. The van der Waals surface area contributed by atoms with Crippen molar-refractivity contribution in [3.8, 4) is 0 Å². The lowest BCUT2D eigenvalue weighted by atomic mass is 10.0. The van der Waals surface area contributed by atoms with Gasteiger partial charge in [-0.05, 0) is 48.9 Å². The second-order valence-corrected chi connectivity index (χ2v) is 9.89. The summed E-state index contributed by atoms with van der Waals surface area (Å²) in [4.78, 5) is 11.5. The number of aliphatic hydroxyl groups excluding tert-OH is 2. The fourth-order valence-corrected chi connectivity index (χ4v) is 3.71. The van der Waals surface area contributed by atoms with E-state index >= 15 is 0 Å². The van der Waals surface area contributed by atoms with Crippen molar-refractivity contribution in [2.75, 3.05) is 13.2 Å². The second kappa shape index (κ2) is 22.5. The maximum absolute atomic E-state index is 11.5. The van der Waals surface area contributed by atoms with E-state index in [1.54, 1.807) is 0 Å². The minimum atomic E-state index is -0.986. The van der Waals surface area contributed by atoms with Gasteiger partial charge >= 0.3 is 5.97 Å². The van der Waals surface area contributed by atoms with Crippen LogP contribution in [-0.2, 0) is 9.53 Å². The molecule has 0 spiro atoms. The zero-order valence-electron chi connectivity index (χ0n) is 20.0. The van der Waals surface area contributed by atoms with Gasteiger partial charge in [-0.15, -0.1) is 0 Å². The van der Waals surface area contributed by atoms with Gasteiger partial charge in [0.05, 0.1) is 6.61 Å². The molecule has 0 aliphatic rings. The van der Waals surface area contributed by atoms with Crippen LogP contribution in [0.1, 0.15) is 110 Å². The molecule has 2 N–H and O–H groups in total. The third-order valence-corrected chi connectivity index (χ3v) is 5.94. The van der Waals surface area contributed by atoms with Crippen LogP contribution in [0.2, 0.25) is 0 Å². The summed E-state index contributed by atoms with van der Waals surface area (Å²) in [6, 6.07) is 0. The van der Waals surface area contributed by atoms with Crippen LogP contribution in [0.3, 0.4) is 0 Å². The standard InChI is InChI=1S/C26H47BrO4/c1-23(2)17-13-11-9-7-5-3-4-6-8-10-12-14-18-24(27)19-15-16-20-26(30)31-22-25(29)21-28/h10,12,19,23,25,28-29H,3-9,11,13-18,20-22H2,1-2H3/b12-10-,24-19+/t25-/m0/s1. The van der Waals surface area contributed by atoms with Gasteiger partial charge in [0, 0.05) is 6.42 Å². The van der Waals surface area contributed by atoms with Crippen LogP contribution in [0.5, 0.6) is 0 Å². The molecule has 0 rings (SSSR count). The monoisotopic (exact) mass is 502 g/mol. The Bertz CT molecular complexity index is 474. The highest BCUT2D eigenvalue weighted by atomic mass is 79.9. The summed E-state index contributed by atoms with van der Waals surface area (Å²) in [6.45, 7) is 4.09. The molecule has 5 heteroatoms. The van der Waals surface area contributed by atoms with E-state index in [2.05, 4.69) is 48.0 Å². The van der Waals surface area contributed by atoms with E-state index in [1.807, 2.05) is 0 Å². The Morgan fingerprint density at radius 2 is 1.48 bits per heavy atom. The van der Waals surface area contributed by atoms with Crippen molar-refractivity contribution < 1.29 is 19.7 Å². The van der Waals surface area contributed by atoms with E-state index in [4.69, 9.17) is 14.9 Å².